The van der Waals surface area contributed by atoms with Crippen LogP contribution in [0.25, 0.3) is 16.7 Å². The van der Waals surface area contributed by atoms with Gasteiger partial charge in [0.25, 0.3) is 0 Å². The summed E-state index contributed by atoms with van der Waals surface area (Å²) in [6, 6.07) is 11.7. The van der Waals surface area contributed by atoms with Crippen molar-refractivity contribution in [3.05, 3.63) is 51.5 Å². The molecule has 19 heavy (non-hydrogen) atoms. The summed E-state index contributed by atoms with van der Waals surface area (Å²) in [5.74, 6) is 0.431. The van der Waals surface area contributed by atoms with Crippen molar-refractivity contribution in [1.82, 2.24) is 9.55 Å². The molecular weight excluding hydrogens is 326 g/mol. The fraction of sp³-hybridized carbons (Fsp3) is 0.0714. The van der Waals surface area contributed by atoms with Crippen molar-refractivity contribution in [1.29, 1.82) is 0 Å². The Morgan fingerprint density at radius 3 is 2.79 bits per heavy atom. The maximum absolute atomic E-state index is 6.28. The smallest absolute Gasteiger partial charge is 0.205 e. The van der Waals surface area contributed by atoms with E-state index in [4.69, 9.17) is 17.3 Å². The normalized spacial score (nSPS) is 11.1. The van der Waals surface area contributed by atoms with Gasteiger partial charge in [0.15, 0.2) is 0 Å². The van der Waals surface area contributed by atoms with Crippen molar-refractivity contribution in [2.75, 3.05) is 5.73 Å². The zero-order valence-electron chi connectivity index (χ0n) is 10.2. The molecular formula is C14H11BrClN3. The minimum Gasteiger partial charge on any atom is -0.369 e. The number of nitrogens with two attached hydrogens (primary N) is 1. The second-order valence-corrected chi connectivity index (χ2v) is 5.72. The minimum atomic E-state index is 0.431. The van der Waals surface area contributed by atoms with Crippen LogP contribution < -0.4 is 5.73 Å². The lowest BCUT2D eigenvalue weighted by atomic mass is 10.2. The molecule has 1 heterocycles. The topological polar surface area (TPSA) is 43.8 Å². The molecule has 0 saturated carbocycles. The summed E-state index contributed by atoms with van der Waals surface area (Å²) in [5.41, 5.74) is 9.78. The maximum Gasteiger partial charge on any atom is 0.205 e. The molecule has 0 spiro atoms. The van der Waals surface area contributed by atoms with Crippen LogP contribution in [0.3, 0.4) is 0 Å². The van der Waals surface area contributed by atoms with Gasteiger partial charge in [0, 0.05) is 4.47 Å². The summed E-state index contributed by atoms with van der Waals surface area (Å²) in [6.45, 7) is 2.02. The average molecular weight is 337 g/mol. The largest absolute Gasteiger partial charge is 0.369 e. The van der Waals surface area contributed by atoms with Crippen molar-refractivity contribution >= 4 is 44.5 Å². The lowest BCUT2D eigenvalue weighted by Crippen LogP contribution is -2.01. The molecule has 0 aliphatic carbocycles. The number of benzene rings is 2. The van der Waals surface area contributed by atoms with E-state index in [2.05, 4.69) is 20.9 Å². The molecule has 5 heteroatoms. The number of nitrogens with zero attached hydrogens (tertiary/aromatic N) is 2. The number of halogens is 2. The number of hydrogen-bond acceptors (Lipinski definition) is 2. The first-order valence-corrected chi connectivity index (χ1v) is 6.93. The molecule has 0 bridgehead atoms. The highest BCUT2D eigenvalue weighted by atomic mass is 79.9. The predicted molar refractivity (Wildman–Crippen MR) is 82.9 cm³/mol. The van der Waals surface area contributed by atoms with Gasteiger partial charge in [-0.1, -0.05) is 33.6 Å². The standard InChI is InChI=1S/C14H11BrClN3/c1-8-2-4-10(16)13(6-8)19-12-5-3-9(15)7-11(12)18-14(19)17/h2-7H,1H3,(H2,17,18). The highest BCUT2D eigenvalue weighted by Crippen LogP contribution is 2.30. The molecule has 0 fully saturated rings. The minimum absolute atomic E-state index is 0.431. The van der Waals surface area contributed by atoms with E-state index in [9.17, 15) is 0 Å². The van der Waals surface area contributed by atoms with Gasteiger partial charge in [0.1, 0.15) is 0 Å². The molecule has 0 aliphatic heterocycles. The summed E-state index contributed by atoms with van der Waals surface area (Å²) < 4.78 is 2.84. The van der Waals surface area contributed by atoms with E-state index in [1.807, 2.05) is 47.9 Å². The van der Waals surface area contributed by atoms with Gasteiger partial charge in [-0.15, -0.1) is 0 Å². The molecule has 0 amide bonds. The summed E-state index contributed by atoms with van der Waals surface area (Å²) in [5, 5.41) is 0.652. The number of imidazole rings is 1. The number of aryl methyl sites for hydroxylation is 1. The monoisotopic (exact) mass is 335 g/mol. The molecule has 3 rings (SSSR count). The Hall–Kier alpha value is -1.52. The molecule has 1 aromatic heterocycles. The predicted octanol–water partition coefficient (Wildman–Crippen LogP) is 4.33. The van der Waals surface area contributed by atoms with Crippen LogP contribution in [0.4, 0.5) is 5.95 Å². The van der Waals surface area contributed by atoms with Crippen LogP contribution in [0.15, 0.2) is 40.9 Å². The number of nitrogen functional groups attached to an aromatic ring is 1. The number of anilines is 1. The molecule has 3 aromatic rings. The average Bonchev–Trinajstić information content (AvgIpc) is 2.67. The first-order valence-electron chi connectivity index (χ1n) is 5.76. The van der Waals surface area contributed by atoms with Crippen LogP contribution >= 0.6 is 27.5 Å². The second-order valence-electron chi connectivity index (χ2n) is 4.39. The summed E-state index contributed by atoms with van der Waals surface area (Å²) >= 11 is 9.71. The number of aromatic nitrogens is 2. The number of hydrogen-bond donors (Lipinski definition) is 1. The van der Waals surface area contributed by atoms with Crippen LogP contribution in [0.1, 0.15) is 5.56 Å². The molecule has 0 aliphatic rings. The Balaban J connectivity index is 2.36. The molecule has 0 radical (unpaired) electrons. The van der Waals surface area contributed by atoms with Crippen LogP contribution in [-0.4, -0.2) is 9.55 Å². The zero-order chi connectivity index (χ0) is 13.6. The molecule has 0 atom stereocenters. The lowest BCUT2D eigenvalue weighted by Gasteiger charge is -2.09. The zero-order valence-corrected chi connectivity index (χ0v) is 12.5. The van der Waals surface area contributed by atoms with Crippen molar-refractivity contribution in [3.8, 4) is 5.69 Å². The van der Waals surface area contributed by atoms with E-state index in [1.165, 1.54) is 0 Å². The van der Waals surface area contributed by atoms with Crippen molar-refractivity contribution in [2.45, 2.75) is 6.92 Å². The highest BCUT2D eigenvalue weighted by Gasteiger charge is 2.12. The first kappa shape index (κ1) is 12.5. The molecule has 2 aromatic carbocycles. The molecule has 96 valence electrons. The third-order valence-corrected chi connectivity index (χ3v) is 3.80. The Labute approximate surface area is 124 Å². The Kier molecular flexibility index (Phi) is 2.99. The third kappa shape index (κ3) is 2.11. The molecule has 2 N–H and O–H groups in total. The van der Waals surface area contributed by atoms with Gasteiger partial charge >= 0.3 is 0 Å². The SMILES string of the molecule is Cc1ccc(Cl)c(-n2c(N)nc3cc(Br)ccc32)c1. The number of fused-ring (bicyclic) bond motifs is 1. The highest BCUT2D eigenvalue weighted by molar-refractivity contribution is 9.10. The summed E-state index contributed by atoms with van der Waals surface area (Å²) in [4.78, 5) is 4.37. The van der Waals surface area contributed by atoms with Gasteiger partial charge in [-0.3, -0.25) is 4.57 Å². The van der Waals surface area contributed by atoms with Gasteiger partial charge in [-0.05, 0) is 42.8 Å². The van der Waals surface area contributed by atoms with E-state index in [1.54, 1.807) is 0 Å². The molecule has 0 saturated heterocycles. The fourth-order valence-electron chi connectivity index (χ4n) is 2.12. The van der Waals surface area contributed by atoms with E-state index >= 15 is 0 Å². The van der Waals surface area contributed by atoms with Crippen LogP contribution in [0.5, 0.6) is 0 Å². The fourth-order valence-corrected chi connectivity index (χ4v) is 2.67. The summed E-state index contributed by atoms with van der Waals surface area (Å²) in [7, 11) is 0. The van der Waals surface area contributed by atoms with Crippen molar-refractivity contribution in [3.63, 3.8) is 0 Å². The Morgan fingerprint density at radius 2 is 2.00 bits per heavy atom. The van der Waals surface area contributed by atoms with Gasteiger partial charge in [-0.2, -0.15) is 0 Å². The van der Waals surface area contributed by atoms with Crippen LogP contribution in [0, 0.1) is 6.92 Å². The molecule has 3 nitrogen and oxygen atoms in total. The Morgan fingerprint density at radius 1 is 1.21 bits per heavy atom. The number of rotatable bonds is 1. The van der Waals surface area contributed by atoms with Gasteiger partial charge < -0.3 is 5.73 Å². The maximum atomic E-state index is 6.28. The Bertz CT molecular complexity index is 780. The second kappa shape index (κ2) is 4.54. The summed E-state index contributed by atoms with van der Waals surface area (Å²) in [6.07, 6.45) is 0. The van der Waals surface area contributed by atoms with Gasteiger partial charge in [0.05, 0.1) is 21.7 Å². The first-order chi connectivity index (χ1) is 9.06. The molecule has 0 unspecified atom stereocenters. The van der Waals surface area contributed by atoms with E-state index in [0.29, 0.717) is 11.0 Å². The van der Waals surface area contributed by atoms with Gasteiger partial charge in [-0.25, -0.2) is 4.98 Å². The van der Waals surface area contributed by atoms with Crippen molar-refractivity contribution < 1.29 is 0 Å². The third-order valence-electron chi connectivity index (χ3n) is 2.99. The lowest BCUT2D eigenvalue weighted by molar-refractivity contribution is 1.10. The van der Waals surface area contributed by atoms with Crippen molar-refractivity contribution in [2.24, 2.45) is 0 Å². The van der Waals surface area contributed by atoms with E-state index in [0.717, 1.165) is 26.8 Å². The van der Waals surface area contributed by atoms with E-state index in [-0.39, 0.29) is 0 Å². The van der Waals surface area contributed by atoms with Crippen LogP contribution in [0.2, 0.25) is 5.02 Å². The van der Waals surface area contributed by atoms with E-state index < -0.39 is 0 Å². The van der Waals surface area contributed by atoms with Crippen LogP contribution in [-0.2, 0) is 0 Å². The van der Waals surface area contributed by atoms with Gasteiger partial charge in [0.2, 0.25) is 5.95 Å². The quantitative estimate of drug-likeness (QED) is 0.718.